The van der Waals surface area contributed by atoms with Gasteiger partial charge in [-0.3, -0.25) is 0 Å². The van der Waals surface area contributed by atoms with Gasteiger partial charge in [0.1, 0.15) is 0 Å². The molecule has 0 aliphatic carbocycles. The summed E-state index contributed by atoms with van der Waals surface area (Å²) in [6.07, 6.45) is -4.93. The first kappa shape index (κ1) is 12.1. The first-order valence-corrected chi connectivity index (χ1v) is 4.07. The van der Waals surface area contributed by atoms with E-state index in [0.29, 0.717) is 12.3 Å². The number of ether oxygens (including phenoxy) is 1. The van der Waals surface area contributed by atoms with E-state index in [0.717, 1.165) is 0 Å². The molecule has 0 atom stereocenters. The summed E-state index contributed by atoms with van der Waals surface area (Å²) in [5.41, 5.74) is 4.21. The van der Waals surface area contributed by atoms with Crippen LogP contribution in [0.3, 0.4) is 0 Å². The lowest BCUT2D eigenvalue weighted by Gasteiger charge is -2.10. The normalized spacial score (nSPS) is 11.0. The quantitative estimate of drug-likeness (QED) is 0.771. The molecule has 1 aromatic rings. The van der Waals surface area contributed by atoms with Crippen molar-refractivity contribution in [2.45, 2.75) is 6.18 Å². The average molecular weight is 235 g/mol. The molecule has 1 amide bonds. The second kappa shape index (κ2) is 4.25. The van der Waals surface area contributed by atoms with Gasteiger partial charge in [-0.05, 0) is 6.07 Å². The third-order valence-electron chi connectivity index (χ3n) is 1.62. The molecular formula is C8H8F3N3O2. The van der Waals surface area contributed by atoms with Crippen molar-refractivity contribution in [3.8, 4) is 5.75 Å². The van der Waals surface area contributed by atoms with Crippen LogP contribution in [0.5, 0.6) is 5.75 Å². The summed E-state index contributed by atoms with van der Waals surface area (Å²) >= 11 is 0. The number of aromatic nitrogens is 1. The molecule has 0 aliphatic heterocycles. The maximum absolute atomic E-state index is 12.3. The SMILES string of the molecule is CNC(=O)Oc1cc(C(F)(F)F)cnc1N. The van der Waals surface area contributed by atoms with Crippen LogP contribution in [0.15, 0.2) is 12.3 Å². The Morgan fingerprint density at radius 1 is 1.56 bits per heavy atom. The van der Waals surface area contributed by atoms with Crippen molar-refractivity contribution in [3.05, 3.63) is 17.8 Å². The van der Waals surface area contributed by atoms with Gasteiger partial charge in [-0.25, -0.2) is 9.78 Å². The largest absolute Gasteiger partial charge is 0.418 e. The lowest BCUT2D eigenvalue weighted by atomic mass is 10.2. The molecule has 88 valence electrons. The molecule has 0 bridgehead atoms. The summed E-state index contributed by atoms with van der Waals surface area (Å²) in [6, 6.07) is 0.609. The molecule has 0 aromatic carbocycles. The van der Waals surface area contributed by atoms with E-state index in [1.807, 2.05) is 0 Å². The van der Waals surface area contributed by atoms with E-state index >= 15 is 0 Å². The van der Waals surface area contributed by atoms with Crippen molar-refractivity contribution < 1.29 is 22.7 Å². The number of hydrogen-bond donors (Lipinski definition) is 2. The van der Waals surface area contributed by atoms with Crippen LogP contribution in [-0.2, 0) is 6.18 Å². The highest BCUT2D eigenvalue weighted by Gasteiger charge is 2.32. The predicted molar refractivity (Wildman–Crippen MR) is 48.7 cm³/mol. The number of anilines is 1. The second-order valence-electron chi connectivity index (χ2n) is 2.74. The molecule has 16 heavy (non-hydrogen) atoms. The Bertz CT molecular complexity index is 406. The van der Waals surface area contributed by atoms with E-state index in [4.69, 9.17) is 5.73 Å². The zero-order valence-electron chi connectivity index (χ0n) is 8.13. The molecule has 0 saturated carbocycles. The number of nitrogen functional groups attached to an aromatic ring is 1. The fourth-order valence-electron chi connectivity index (χ4n) is 0.843. The van der Waals surface area contributed by atoms with Crippen molar-refractivity contribution in [1.29, 1.82) is 0 Å². The second-order valence-corrected chi connectivity index (χ2v) is 2.74. The molecule has 3 N–H and O–H groups in total. The molecule has 0 fully saturated rings. The topological polar surface area (TPSA) is 77.2 Å². The number of halogens is 3. The number of nitrogens with two attached hydrogens (primary N) is 1. The van der Waals surface area contributed by atoms with Gasteiger partial charge in [0.15, 0.2) is 11.6 Å². The van der Waals surface area contributed by atoms with Gasteiger partial charge in [0.05, 0.1) is 5.56 Å². The number of hydrogen-bond acceptors (Lipinski definition) is 4. The smallest absolute Gasteiger partial charge is 0.406 e. The summed E-state index contributed by atoms with van der Waals surface area (Å²) in [5.74, 6) is -0.731. The minimum atomic E-state index is -4.57. The number of carbonyl (C=O) groups excluding carboxylic acids is 1. The molecule has 5 nitrogen and oxygen atoms in total. The van der Waals surface area contributed by atoms with Gasteiger partial charge in [-0.15, -0.1) is 0 Å². The van der Waals surface area contributed by atoms with Gasteiger partial charge in [-0.1, -0.05) is 0 Å². The third-order valence-corrected chi connectivity index (χ3v) is 1.62. The highest BCUT2D eigenvalue weighted by Crippen LogP contribution is 2.32. The summed E-state index contributed by atoms with van der Waals surface area (Å²) in [5, 5.41) is 2.07. The maximum Gasteiger partial charge on any atom is 0.418 e. The van der Waals surface area contributed by atoms with Crippen LogP contribution in [0.2, 0.25) is 0 Å². The van der Waals surface area contributed by atoms with Gasteiger partial charge >= 0.3 is 12.3 Å². The monoisotopic (exact) mass is 235 g/mol. The zero-order chi connectivity index (χ0) is 12.3. The number of carbonyl (C=O) groups is 1. The lowest BCUT2D eigenvalue weighted by Crippen LogP contribution is -2.23. The fourth-order valence-corrected chi connectivity index (χ4v) is 0.843. The molecule has 1 rings (SSSR count). The van der Waals surface area contributed by atoms with Crippen LogP contribution < -0.4 is 15.8 Å². The van der Waals surface area contributed by atoms with E-state index in [1.54, 1.807) is 0 Å². The third kappa shape index (κ3) is 2.75. The summed E-state index contributed by atoms with van der Waals surface area (Å²) < 4.78 is 41.3. The number of amides is 1. The lowest BCUT2D eigenvalue weighted by molar-refractivity contribution is -0.137. The molecule has 0 radical (unpaired) electrons. The molecular weight excluding hydrogens is 227 g/mol. The number of nitrogens with zero attached hydrogens (tertiary/aromatic N) is 1. The Kier molecular flexibility index (Phi) is 3.21. The highest BCUT2D eigenvalue weighted by molar-refractivity contribution is 5.71. The summed E-state index contributed by atoms with van der Waals surface area (Å²) in [7, 11) is 1.26. The standard InChI is InChI=1S/C8H8F3N3O2/c1-13-7(15)16-5-2-4(8(9,10)11)3-14-6(5)12/h2-3H,1H3,(H2,12,14)(H,13,15). The van der Waals surface area contributed by atoms with E-state index in [2.05, 4.69) is 15.0 Å². The number of rotatable bonds is 1. The van der Waals surface area contributed by atoms with E-state index in [1.165, 1.54) is 7.05 Å². The van der Waals surface area contributed by atoms with Crippen molar-refractivity contribution >= 4 is 11.9 Å². The molecule has 1 aromatic heterocycles. The van der Waals surface area contributed by atoms with E-state index in [9.17, 15) is 18.0 Å². The Morgan fingerprint density at radius 2 is 2.19 bits per heavy atom. The van der Waals surface area contributed by atoms with Crippen molar-refractivity contribution in [2.75, 3.05) is 12.8 Å². The average Bonchev–Trinajstić information content (AvgIpc) is 2.19. The van der Waals surface area contributed by atoms with Gasteiger partial charge in [-0.2, -0.15) is 13.2 Å². The fraction of sp³-hybridized carbons (Fsp3) is 0.250. The summed E-state index contributed by atoms with van der Waals surface area (Å²) in [4.78, 5) is 14.1. The molecule has 8 heteroatoms. The van der Waals surface area contributed by atoms with Gasteiger partial charge < -0.3 is 15.8 Å². The van der Waals surface area contributed by atoms with Crippen LogP contribution in [0.25, 0.3) is 0 Å². The van der Waals surface area contributed by atoms with Crippen LogP contribution in [0.1, 0.15) is 5.56 Å². The molecule has 0 unspecified atom stereocenters. The van der Waals surface area contributed by atoms with Crippen LogP contribution in [0.4, 0.5) is 23.8 Å². The van der Waals surface area contributed by atoms with Crippen LogP contribution in [0, 0.1) is 0 Å². The maximum atomic E-state index is 12.3. The Labute approximate surface area is 88.4 Å². The van der Waals surface area contributed by atoms with Gasteiger partial charge in [0, 0.05) is 13.2 Å². The Balaban J connectivity index is 3.04. The van der Waals surface area contributed by atoms with Gasteiger partial charge in [0.2, 0.25) is 0 Å². The minimum Gasteiger partial charge on any atom is -0.406 e. The minimum absolute atomic E-state index is 0.295. The molecule has 0 saturated heterocycles. The first-order valence-electron chi connectivity index (χ1n) is 4.07. The Hall–Kier alpha value is -1.99. The van der Waals surface area contributed by atoms with Crippen molar-refractivity contribution in [1.82, 2.24) is 10.3 Å². The molecule has 0 spiro atoms. The number of alkyl halides is 3. The predicted octanol–water partition coefficient (Wildman–Crippen LogP) is 1.40. The number of nitrogens with one attached hydrogen (secondary N) is 1. The number of pyridine rings is 1. The first-order chi connectivity index (χ1) is 7.34. The molecule has 1 heterocycles. The summed E-state index contributed by atoms with van der Waals surface area (Å²) in [6.45, 7) is 0. The van der Waals surface area contributed by atoms with Crippen molar-refractivity contribution in [3.63, 3.8) is 0 Å². The zero-order valence-corrected chi connectivity index (χ0v) is 8.13. The van der Waals surface area contributed by atoms with Gasteiger partial charge in [0.25, 0.3) is 0 Å². The van der Waals surface area contributed by atoms with E-state index in [-0.39, 0.29) is 5.82 Å². The van der Waals surface area contributed by atoms with E-state index < -0.39 is 23.6 Å². The van der Waals surface area contributed by atoms with Crippen LogP contribution in [-0.4, -0.2) is 18.1 Å². The Morgan fingerprint density at radius 3 is 2.69 bits per heavy atom. The highest BCUT2D eigenvalue weighted by atomic mass is 19.4. The molecule has 0 aliphatic rings. The van der Waals surface area contributed by atoms with Crippen LogP contribution >= 0.6 is 0 Å². The van der Waals surface area contributed by atoms with Crippen molar-refractivity contribution in [2.24, 2.45) is 0 Å².